The van der Waals surface area contributed by atoms with E-state index in [2.05, 4.69) is 37.9 Å². The highest BCUT2D eigenvalue weighted by molar-refractivity contribution is 6.03. The summed E-state index contributed by atoms with van der Waals surface area (Å²) in [5, 5.41) is 17.1. The highest BCUT2D eigenvalue weighted by Crippen LogP contribution is 2.43. The predicted molar refractivity (Wildman–Crippen MR) is 128 cm³/mol. The minimum Gasteiger partial charge on any atom is -0.378 e. The molecular formula is C25H25N7O3. The Morgan fingerprint density at radius 2 is 2.17 bits per heavy atom. The number of pyridine rings is 1. The Morgan fingerprint density at radius 3 is 2.89 bits per heavy atom. The fourth-order valence-corrected chi connectivity index (χ4v) is 5.34. The van der Waals surface area contributed by atoms with Crippen LogP contribution in [-0.2, 0) is 21.6 Å². The van der Waals surface area contributed by atoms with Crippen molar-refractivity contribution in [3.63, 3.8) is 0 Å². The summed E-state index contributed by atoms with van der Waals surface area (Å²) in [6, 6.07) is 9.41. The molecule has 3 aromatic heterocycles. The van der Waals surface area contributed by atoms with Gasteiger partial charge in [0.25, 0.3) is 0 Å². The fraction of sp³-hybridized carbons (Fsp3) is 0.400. The van der Waals surface area contributed by atoms with Crippen LogP contribution in [0.1, 0.15) is 36.9 Å². The topological polar surface area (TPSA) is 122 Å². The molecule has 2 aliphatic rings. The number of anilines is 1. The van der Waals surface area contributed by atoms with Crippen LogP contribution in [0.4, 0.5) is 5.82 Å². The average Bonchev–Trinajstić information content (AvgIpc) is 3.53. The first-order valence-corrected chi connectivity index (χ1v) is 11.8. The van der Waals surface area contributed by atoms with Gasteiger partial charge in [-0.2, -0.15) is 5.26 Å². The molecule has 1 unspecified atom stereocenters. The molecule has 1 aromatic carbocycles. The first kappa shape index (κ1) is 21.7. The molecule has 0 saturated carbocycles. The van der Waals surface area contributed by atoms with E-state index >= 15 is 0 Å². The zero-order valence-corrected chi connectivity index (χ0v) is 19.6. The van der Waals surface area contributed by atoms with Crippen LogP contribution in [0.3, 0.4) is 0 Å². The highest BCUT2D eigenvalue weighted by Gasteiger charge is 2.49. The number of hydrogen-bond donors (Lipinski definition) is 1. The van der Waals surface area contributed by atoms with Gasteiger partial charge in [0, 0.05) is 37.4 Å². The highest BCUT2D eigenvalue weighted by atomic mass is 16.5. The summed E-state index contributed by atoms with van der Waals surface area (Å²) in [7, 11) is 0. The summed E-state index contributed by atoms with van der Waals surface area (Å²) < 4.78 is 13.2. The molecule has 10 nitrogen and oxygen atoms in total. The Hall–Kier alpha value is -3.81. The lowest BCUT2D eigenvalue weighted by Crippen LogP contribution is -2.49. The molecule has 5 heterocycles. The first-order valence-electron chi connectivity index (χ1n) is 11.8. The number of carbonyl (C=O) groups excluding carboxylic acids is 1. The van der Waals surface area contributed by atoms with E-state index in [4.69, 9.17) is 14.2 Å². The van der Waals surface area contributed by atoms with Crippen molar-refractivity contribution in [3.8, 4) is 6.07 Å². The number of amides is 1. The molecular weight excluding hydrogens is 446 g/mol. The standard InChI is InChI=1S/C25H25N7O3/c1-15-9-21(30-35-15)29-23(33)11-22-28-20-14-27-19-4-3-17(13-26)10-18(19)24(20)32(22)25(31-6-7-31)5-8-34-16(2)12-25/h3-4,9-10,14,16H,5-8,11-12H2,1-2H3,(H,29,30,33)/t16?,25-/m0/s1. The fourth-order valence-electron chi connectivity index (χ4n) is 5.34. The lowest BCUT2D eigenvalue weighted by atomic mass is 9.94. The molecule has 6 rings (SSSR count). The van der Waals surface area contributed by atoms with E-state index < -0.39 is 0 Å². The van der Waals surface area contributed by atoms with Gasteiger partial charge in [0.15, 0.2) is 5.82 Å². The molecule has 35 heavy (non-hydrogen) atoms. The van der Waals surface area contributed by atoms with Crippen LogP contribution < -0.4 is 5.32 Å². The van der Waals surface area contributed by atoms with Crippen molar-refractivity contribution in [1.82, 2.24) is 24.6 Å². The van der Waals surface area contributed by atoms with Gasteiger partial charge in [-0.15, -0.1) is 0 Å². The number of benzene rings is 1. The van der Waals surface area contributed by atoms with Gasteiger partial charge < -0.3 is 19.1 Å². The molecule has 2 saturated heterocycles. The Bertz CT molecular complexity index is 1500. The minimum absolute atomic E-state index is 0.0596. The number of carbonyl (C=O) groups is 1. The van der Waals surface area contributed by atoms with Crippen LogP contribution >= 0.6 is 0 Å². The number of aryl methyl sites for hydroxylation is 1. The average molecular weight is 472 g/mol. The number of fused-ring (bicyclic) bond motifs is 3. The lowest BCUT2D eigenvalue weighted by molar-refractivity contribution is -0.116. The molecule has 0 aliphatic carbocycles. The Labute approximate surface area is 201 Å². The van der Waals surface area contributed by atoms with E-state index in [1.165, 1.54) is 0 Å². The number of nitrogens with one attached hydrogen (secondary N) is 1. The van der Waals surface area contributed by atoms with Gasteiger partial charge in [-0.3, -0.25) is 14.7 Å². The van der Waals surface area contributed by atoms with Crippen LogP contribution in [0.2, 0.25) is 0 Å². The number of ether oxygens (including phenoxy) is 1. The van der Waals surface area contributed by atoms with Crippen molar-refractivity contribution in [2.75, 3.05) is 25.0 Å². The van der Waals surface area contributed by atoms with Crippen LogP contribution in [0.25, 0.3) is 21.9 Å². The second kappa shape index (κ2) is 8.15. The zero-order valence-electron chi connectivity index (χ0n) is 19.6. The van der Waals surface area contributed by atoms with Gasteiger partial charge in [-0.25, -0.2) is 4.98 Å². The first-order chi connectivity index (χ1) is 17.0. The molecule has 2 atom stereocenters. The van der Waals surface area contributed by atoms with Crippen molar-refractivity contribution < 1.29 is 14.1 Å². The van der Waals surface area contributed by atoms with Gasteiger partial charge in [-0.05, 0) is 32.0 Å². The molecule has 0 spiro atoms. The molecule has 10 heteroatoms. The molecule has 1 amide bonds. The van der Waals surface area contributed by atoms with Crippen molar-refractivity contribution in [3.05, 3.63) is 47.6 Å². The zero-order chi connectivity index (χ0) is 24.2. The predicted octanol–water partition coefficient (Wildman–Crippen LogP) is 3.10. The van der Waals surface area contributed by atoms with Crippen LogP contribution in [-0.4, -0.2) is 56.3 Å². The third kappa shape index (κ3) is 3.73. The lowest BCUT2D eigenvalue weighted by Gasteiger charge is -2.43. The van der Waals surface area contributed by atoms with Crippen molar-refractivity contribution in [1.29, 1.82) is 5.26 Å². The Morgan fingerprint density at radius 1 is 1.31 bits per heavy atom. The van der Waals surface area contributed by atoms with Crippen LogP contribution in [0.15, 0.2) is 35.0 Å². The van der Waals surface area contributed by atoms with Gasteiger partial charge in [0.1, 0.15) is 22.8 Å². The van der Waals surface area contributed by atoms with E-state index in [0.29, 0.717) is 35.1 Å². The summed E-state index contributed by atoms with van der Waals surface area (Å²) in [6.07, 6.45) is 3.43. The number of nitrogens with zero attached hydrogens (tertiary/aromatic N) is 6. The quantitative estimate of drug-likeness (QED) is 0.441. The second-order valence-corrected chi connectivity index (χ2v) is 9.35. The maximum Gasteiger partial charge on any atom is 0.233 e. The van der Waals surface area contributed by atoms with E-state index in [1.54, 1.807) is 25.3 Å². The Balaban J connectivity index is 1.55. The van der Waals surface area contributed by atoms with E-state index in [0.717, 1.165) is 42.4 Å². The van der Waals surface area contributed by atoms with E-state index in [-0.39, 0.29) is 24.1 Å². The molecule has 0 bridgehead atoms. The molecule has 2 fully saturated rings. The van der Waals surface area contributed by atoms with Crippen molar-refractivity contribution >= 4 is 33.7 Å². The molecule has 1 N–H and O–H groups in total. The normalized spacial score (nSPS) is 22.4. The SMILES string of the molecule is Cc1cc(NC(=O)Cc2nc3cnc4ccc(C#N)cc4c3n2[C@@]2(N3CC3)CCOC(C)C2)no1. The maximum atomic E-state index is 13.1. The summed E-state index contributed by atoms with van der Waals surface area (Å²) >= 11 is 0. The largest absolute Gasteiger partial charge is 0.378 e. The molecule has 178 valence electrons. The summed E-state index contributed by atoms with van der Waals surface area (Å²) in [6.45, 7) is 6.43. The molecule has 0 radical (unpaired) electrons. The summed E-state index contributed by atoms with van der Waals surface area (Å²) in [4.78, 5) is 25.0. The van der Waals surface area contributed by atoms with Crippen LogP contribution in [0.5, 0.6) is 0 Å². The third-order valence-corrected chi connectivity index (χ3v) is 6.87. The number of nitriles is 1. The summed E-state index contributed by atoms with van der Waals surface area (Å²) in [5.41, 5.74) is 2.57. The second-order valence-electron chi connectivity index (χ2n) is 9.35. The van der Waals surface area contributed by atoms with Gasteiger partial charge >= 0.3 is 0 Å². The van der Waals surface area contributed by atoms with Crippen molar-refractivity contribution in [2.24, 2.45) is 0 Å². The van der Waals surface area contributed by atoms with Gasteiger partial charge in [0.05, 0.1) is 48.0 Å². The number of imidazole rings is 1. The Kier molecular flexibility index (Phi) is 5.05. The van der Waals surface area contributed by atoms with Gasteiger partial charge in [-0.1, -0.05) is 5.16 Å². The van der Waals surface area contributed by atoms with E-state index in [1.807, 2.05) is 12.1 Å². The maximum absolute atomic E-state index is 13.1. The van der Waals surface area contributed by atoms with Gasteiger partial charge in [0.2, 0.25) is 5.91 Å². The smallest absolute Gasteiger partial charge is 0.233 e. The number of rotatable bonds is 5. The summed E-state index contributed by atoms with van der Waals surface area (Å²) in [5.74, 6) is 1.41. The van der Waals surface area contributed by atoms with E-state index in [9.17, 15) is 10.1 Å². The number of aromatic nitrogens is 4. The van der Waals surface area contributed by atoms with Crippen molar-refractivity contribution in [2.45, 2.75) is 44.9 Å². The monoisotopic (exact) mass is 471 g/mol. The molecule has 4 aromatic rings. The number of hydrogen-bond acceptors (Lipinski definition) is 8. The van der Waals surface area contributed by atoms with Crippen LogP contribution in [0, 0.1) is 18.3 Å². The molecule has 2 aliphatic heterocycles. The third-order valence-electron chi connectivity index (χ3n) is 6.87. The minimum atomic E-state index is -0.372.